The molecule has 1 aliphatic rings. The van der Waals surface area contributed by atoms with E-state index in [-0.39, 0.29) is 10.1 Å². The molecule has 9 heteroatoms. The van der Waals surface area contributed by atoms with Crippen molar-refractivity contribution in [3.05, 3.63) is 35.8 Å². The maximum Gasteiger partial charge on any atom is 0.253 e. The molecule has 0 spiro atoms. The van der Waals surface area contributed by atoms with Crippen molar-refractivity contribution in [2.45, 2.75) is 23.1 Å². The van der Waals surface area contributed by atoms with Crippen LogP contribution in [0.2, 0.25) is 0 Å². The number of hydrogen-bond donors (Lipinski definition) is 2. The summed E-state index contributed by atoms with van der Waals surface area (Å²) in [6.07, 6.45) is 2.60. The molecule has 1 amide bonds. The van der Waals surface area contributed by atoms with E-state index in [4.69, 9.17) is 5.73 Å². The highest BCUT2D eigenvalue weighted by Crippen LogP contribution is 2.29. The molecular formula is C14H16N4O3S2. The zero-order valence-electron chi connectivity index (χ0n) is 12.2. The first-order valence-electron chi connectivity index (χ1n) is 7.06. The summed E-state index contributed by atoms with van der Waals surface area (Å²) in [5.74, 6) is -0.0000300. The van der Waals surface area contributed by atoms with Crippen molar-refractivity contribution < 1.29 is 13.2 Å². The highest BCUT2D eigenvalue weighted by atomic mass is 32.2. The second kappa shape index (κ2) is 6.26. The van der Waals surface area contributed by atoms with E-state index in [2.05, 4.69) is 10.3 Å². The zero-order valence-corrected chi connectivity index (χ0v) is 13.8. The summed E-state index contributed by atoms with van der Waals surface area (Å²) in [4.78, 5) is 16.4. The number of nitrogens with zero attached hydrogens (tertiary/aromatic N) is 2. The van der Waals surface area contributed by atoms with Crippen molar-refractivity contribution in [1.29, 1.82) is 0 Å². The standard InChI is InChI=1S/C14H16N4O3S2/c15-12-6-5-10(9-16-12)17-14(19)11-3-1-7-18(11)23(20,21)13-4-2-8-22-13/h2,4-6,8-9,11H,1,3,7H2,(H2,15,16)(H,17,19). The molecule has 0 aromatic carbocycles. The van der Waals surface area contributed by atoms with E-state index in [9.17, 15) is 13.2 Å². The summed E-state index contributed by atoms with van der Waals surface area (Å²) < 4.78 is 26.8. The minimum absolute atomic E-state index is 0.256. The molecule has 1 fully saturated rings. The highest BCUT2D eigenvalue weighted by Gasteiger charge is 2.39. The van der Waals surface area contributed by atoms with Crippen molar-refractivity contribution in [3.63, 3.8) is 0 Å². The van der Waals surface area contributed by atoms with E-state index in [0.29, 0.717) is 30.9 Å². The predicted octanol–water partition coefficient (Wildman–Crippen LogP) is 1.52. The van der Waals surface area contributed by atoms with Crippen LogP contribution in [0, 0.1) is 0 Å². The Morgan fingerprint density at radius 3 is 2.87 bits per heavy atom. The largest absolute Gasteiger partial charge is 0.384 e. The number of nitrogen functional groups attached to an aromatic ring is 1. The number of pyridine rings is 1. The topological polar surface area (TPSA) is 105 Å². The molecule has 1 atom stereocenters. The fraction of sp³-hybridized carbons (Fsp3) is 0.286. The van der Waals surface area contributed by atoms with E-state index in [1.54, 1.807) is 29.6 Å². The quantitative estimate of drug-likeness (QED) is 0.868. The first-order valence-corrected chi connectivity index (χ1v) is 9.38. The Hall–Kier alpha value is -1.97. The highest BCUT2D eigenvalue weighted by molar-refractivity contribution is 7.91. The van der Waals surface area contributed by atoms with Crippen molar-refractivity contribution in [2.75, 3.05) is 17.6 Å². The van der Waals surface area contributed by atoms with E-state index >= 15 is 0 Å². The van der Waals surface area contributed by atoms with Gasteiger partial charge in [0.2, 0.25) is 5.91 Å². The lowest BCUT2D eigenvalue weighted by Gasteiger charge is -2.22. The van der Waals surface area contributed by atoms with Gasteiger partial charge in [0.15, 0.2) is 0 Å². The molecule has 1 aliphatic heterocycles. The number of nitrogens with two attached hydrogens (primary N) is 1. The SMILES string of the molecule is Nc1ccc(NC(=O)C2CCCN2S(=O)(=O)c2cccs2)cn1. The lowest BCUT2D eigenvalue weighted by Crippen LogP contribution is -2.42. The number of rotatable bonds is 4. The van der Waals surface area contributed by atoms with Gasteiger partial charge in [-0.3, -0.25) is 4.79 Å². The number of hydrogen-bond acceptors (Lipinski definition) is 6. The normalized spacial score (nSPS) is 18.9. The monoisotopic (exact) mass is 352 g/mol. The minimum atomic E-state index is -3.63. The van der Waals surface area contributed by atoms with Gasteiger partial charge >= 0.3 is 0 Å². The maximum atomic E-state index is 12.6. The van der Waals surface area contributed by atoms with Gasteiger partial charge in [0, 0.05) is 6.54 Å². The van der Waals surface area contributed by atoms with Crippen LogP contribution >= 0.6 is 11.3 Å². The fourth-order valence-electron chi connectivity index (χ4n) is 2.52. The third-order valence-corrected chi connectivity index (χ3v) is 6.90. The average molecular weight is 352 g/mol. The summed E-state index contributed by atoms with van der Waals surface area (Å²) in [5, 5.41) is 4.41. The molecule has 0 saturated carbocycles. The fourth-order valence-corrected chi connectivity index (χ4v) is 5.30. The van der Waals surface area contributed by atoms with Gasteiger partial charge in [-0.2, -0.15) is 4.31 Å². The van der Waals surface area contributed by atoms with Crippen LogP contribution in [0.25, 0.3) is 0 Å². The van der Waals surface area contributed by atoms with Crippen LogP contribution in [0.5, 0.6) is 0 Å². The molecular weight excluding hydrogens is 336 g/mol. The van der Waals surface area contributed by atoms with Gasteiger partial charge in [-0.05, 0) is 36.4 Å². The third-order valence-electron chi connectivity index (χ3n) is 3.62. The molecule has 1 saturated heterocycles. The van der Waals surface area contributed by atoms with Gasteiger partial charge in [0.25, 0.3) is 10.0 Å². The Morgan fingerprint density at radius 1 is 1.39 bits per heavy atom. The second-order valence-corrected chi connectivity index (χ2v) is 8.23. The third kappa shape index (κ3) is 3.21. The number of nitrogens with one attached hydrogen (secondary N) is 1. The van der Waals surface area contributed by atoms with E-state index < -0.39 is 16.1 Å². The van der Waals surface area contributed by atoms with Crippen molar-refractivity contribution in [1.82, 2.24) is 9.29 Å². The molecule has 3 heterocycles. The number of thiophene rings is 1. The van der Waals surface area contributed by atoms with Crippen LogP contribution in [-0.4, -0.2) is 36.2 Å². The summed E-state index contributed by atoms with van der Waals surface area (Å²) >= 11 is 1.15. The predicted molar refractivity (Wildman–Crippen MR) is 88.5 cm³/mol. The summed E-state index contributed by atoms with van der Waals surface area (Å²) in [6.45, 7) is 0.346. The van der Waals surface area contributed by atoms with Gasteiger partial charge in [-0.15, -0.1) is 11.3 Å². The van der Waals surface area contributed by atoms with Crippen LogP contribution in [0.1, 0.15) is 12.8 Å². The number of amides is 1. The molecule has 2 aromatic rings. The Bertz CT molecular complexity index is 788. The maximum absolute atomic E-state index is 12.6. The van der Waals surface area contributed by atoms with Crippen molar-refractivity contribution in [2.24, 2.45) is 0 Å². The Morgan fingerprint density at radius 2 is 2.22 bits per heavy atom. The Labute approximate surface area is 138 Å². The average Bonchev–Trinajstić information content (AvgIpc) is 3.21. The molecule has 3 N–H and O–H groups in total. The molecule has 0 aliphatic carbocycles. The van der Waals surface area contributed by atoms with Crippen LogP contribution < -0.4 is 11.1 Å². The zero-order chi connectivity index (χ0) is 16.4. The number of sulfonamides is 1. The summed E-state index contributed by atoms with van der Waals surface area (Å²) in [7, 11) is -3.63. The van der Waals surface area contributed by atoms with Crippen LogP contribution in [-0.2, 0) is 14.8 Å². The molecule has 122 valence electrons. The van der Waals surface area contributed by atoms with Gasteiger partial charge in [0.1, 0.15) is 16.1 Å². The first-order chi connectivity index (χ1) is 11.0. The molecule has 0 radical (unpaired) electrons. The molecule has 1 unspecified atom stereocenters. The van der Waals surface area contributed by atoms with Crippen molar-refractivity contribution >= 4 is 38.8 Å². The van der Waals surface area contributed by atoms with Gasteiger partial charge in [0.05, 0.1) is 11.9 Å². The first kappa shape index (κ1) is 15.9. The smallest absolute Gasteiger partial charge is 0.253 e. The molecule has 23 heavy (non-hydrogen) atoms. The number of carbonyl (C=O) groups is 1. The van der Waals surface area contributed by atoms with E-state index in [1.165, 1.54) is 10.5 Å². The van der Waals surface area contributed by atoms with E-state index in [1.807, 2.05) is 0 Å². The number of aromatic nitrogens is 1. The minimum Gasteiger partial charge on any atom is -0.384 e. The lowest BCUT2D eigenvalue weighted by molar-refractivity contribution is -0.119. The molecule has 7 nitrogen and oxygen atoms in total. The number of anilines is 2. The molecule has 3 rings (SSSR count). The van der Waals surface area contributed by atoms with Gasteiger partial charge in [-0.1, -0.05) is 6.07 Å². The van der Waals surface area contributed by atoms with Gasteiger partial charge < -0.3 is 11.1 Å². The summed E-state index contributed by atoms with van der Waals surface area (Å²) in [6, 6.07) is 5.73. The van der Waals surface area contributed by atoms with Crippen LogP contribution in [0.15, 0.2) is 40.1 Å². The van der Waals surface area contributed by atoms with Crippen LogP contribution in [0.4, 0.5) is 11.5 Å². The summed E-state index contributed by atoms with van der Waals surface area (Å²) in [5.41, 5.74) is 5.99. The van der Waals surface area contributed by atoms with Crippen LogP contribution in [0.3, 0.4) is 0 Å². The van der Waals surface area contributed by atoms with E-state index in [0.717, 1.165) is 11.3 Å². The Balaban J connectivity index is 1.79. The molecule has 2 aromatic heterocycles. The van der Waals surface area contributed by atoms with Gasteiger partial charge in [-0.25, -0.2) is 13.4 Å². The lowest BCUT2D eigenvalue weighted by atomic mass is 10.2. The van der Waals surface area contributed by atoms with Crippen molar-refractivity contribution in [3.8, 4) is 0 Å². The second-order valence-electron chi connectivity index (χ2n) is 5.17. The Kier molecular flexibility index (Phi) is 4.33. The molecule has 0 bridgehead atoms. The number of carbonyl (C=O) groups excluding carboxylic acids is 1.